The Morgan fingerprint density at radius 1 is 1.12 bits per heavy atom. The number of carbonyl (C=O) groups excluding carboxylic acids is 2. The average Bonchev–Trinajstić information content (AvgIpc) is 2.82. The van der Waals surface area contributed by atoms with Gasteiger partial charge in [0.1, 0.15) is 0 Å². The number of methoxy groups -OCH3 is 2. The van der Waals surface area contributed by atoms with Crippen LogP contribution < -0.4 is 19.5 Å². The summed E-state index contributed by atoms with van der Waals surface area (Å²) in [6.45, 7) is 2.42. The minimum atomic E-state index is -0.679. The molecule has 0 unspecified atom stereocenters. The lowest BCUT2D eigenvalue weighted by Crippen LogP contribution is -2.08. The normalized spacial score (nSPS) is 10.2. The molecule has 1 amide bonds. The Morgan fingerprint density at radius 2 is 1.83 bits per heavy atom. The lowest BCUT2D eigenvalue weighted by molar-refractivity contribution is -0.132. The Hall–Kier alpha value is -3.16. The Balaban J connectivity index is 2.65. The fraction of sp³-hybridized carbons (Fsp3) is 0.250. The van der Waals surface area contributed by atoms with E-state index in [1.165, 1.54) is 21.1 Å². The molecule has 0 saturated heterocycles. The third-order valence-electron chi connectivity index (χ3n) is 3.02. The number of anilines is 1. The second-order valence-corrected chi connectivity index (χ2v) is 4.75. The van der Waals surface area contributed by atoms with E-state index in [1.807, 2.05) is 0 Å². The Labute approximate surface area is 137 Å². The van der Waals surface area contributed by atoms with E-state index >= 15 is 0 Å². The van der Waals surface area contributed by atoms with Gasteiger partial charge in [0.05, 0.1) is 19.8 Å². The van der Waals surface area contributed by atoms with Crippen molar-refractivity contribution >= 4 is 17.8 Å². The molecule has 0 spiro atoms. The summed E-state index contributed by atoms with van der Waals surface area (Å²) in [6.07, 6.45) is 0. The van der Waals surface area contributed by atoms with E-state index in [4.69, 9.17) is 18.6 Å². The van der Waals surface area contributed by atoms with Gasteiger partial charge in [-0.1, -0.05) is 6.07 Å². The highest BCUT2D eigenvalue weighted by molar-refractivity contribution is 5.92. The average molecular weight is 335 g/mol. The molecule has 24 heavy (non-hydrogen) atoms. The first-order chi connectivity index (χ1) is 11.4. The standard InChI is InChI=1S/C16H17NO7/c1-8(18)17-16-15(23-9(2)19)12(20)14(24-16)10-6-5-7-11(21-3)13(10)22-4/h5-7,20H,1-4H3,(H,17,18). The number of carbonyl (C=O) groups is 2. The van der Waals surface area contributed by atoms with E-state index in [2.05, 4.69) is 5.32 Å². The lowest BCUT2D eigenvalue weighted by atomic mass is 10.1. The summed E-state index contributed by atoms with van der Waals surface area (Å²) < 4.78 is 20.9. The van der Waals surface area contributed by atoms with Crippen LogP contribution in [-0.2, 0) is 9.59 Å². The van der Waals surface area contributed by atoms with E-state index in [9.17, 15) is 14.7 Å². The van der Waals surface area contributed by atoms with Crippen molar-refractivity contribution in [2.24, 2.45) is 0 Å². The zero-order valence-corrected chi connectivity index (χ0v) is 13.6. The molecule has 1 aromatic carbocycles. The predicted molar refractivity (Wildman–Crippen MR) is 84.5 cm³/mol. The highest BCUT2D eigenvalue weighted by atomic mass is 16.6. The van der Waals surface area contributed by atoms with Crippen LogP contribution in [0.1, 0.15) is 13.8 Å². The van der Waals surface area contributed by atoms with Crippen LogP contribution in [-0.4, -0.2) is 31.2 Å². The lowest BCUT2D eigenvalue weighted by Gasteiger charge is -2.10. The van der Waals surface area contributed by atoms with Gasteiger partial charge in [0.15, 0.2) is 17.3 Å². The van der Waals surface area contributed by atoms with Crippen molar-refractivity contribution in [3.8, 4) is 34.3 Å². The molecular formula is C16H17NO7. The minimum Gasteiger partial charge on any atom is -0.502 e. The van der Waals surface area contributed by atoms with E-state index in [1.54, 1.807) is 18.2 Å². The van der Waals surface area contributed by atoms with Crippen LogP contribution in [0.15, 0.2) is 22.6 Å². The molecule has 0 fully saturated rings. The number of hydrogen-bond acceptors (Lipinski definition) is 7. The number of para-hydroxylation sites is 1. The highest BCUT2D eigenvalue weighted by Crippen LogP contribution is 2.50. The molecule has 1 aromatic heterocycles. The maximum absolute atomic E-state index is 11.3. The fourth-order valence-corrected chi connectivity index (χ4v) is 2.14. The molecule has 0 aliphatic heterocycles. The zero-order valence-electron chi connectivity index (χ0n) is 13.6. The highest BCUT2D eigenvalue weighted by Gasteiger charge is 2.27. The molecule has 2 N–H and O–H groups in total. The van der Waals surface area contributed by atoms with Crippen molar-refractivity contribution in [2.75, 3.05) is 19.5 Å². The summed E-state index contributed by atoms with van der Waals surface area (Å²) in [7, 11) is 2.90. The van der Waals surface area contributed by atoms with E-state index in [0.29, 0.717) is 17.1 Å². The van der Waals surface area contributed by atoms with Crippen molar-refractivity contribution in [2.45, 2.75) is 13.8 Å². The van der Waals surface area contributed by atoms with Gasteiger partial charge >= 0.3 is 5.97 Å². The van der Waals surface area contributed by atoms with Gasteiger partial charge in [-0.2, -0.15) is 0 Å². The van der Waals surface area contributed by atoms with Crippen molar-refractivity contribution in [1.29, 1.82) is 0 Å². The summed E-state index contributed by atoms with van der Waals surface area (Å²) in [4.78, 5) is 22.5. The van der Waals surface area contributed by atoms with Crippen molar-refractivity contribution in [3.05, 3.63) is 18.2 Å². The molecule has 0 atom stereocenters. The summed E-state index contributed by atoms with van der Waals surface area (Å²) in [6, 6.07) is 4.96. The van der Waals surface area contributed by atoms with Crippen molar-refractivity contribution in [3.63, 3.8) is 0 Å². The van der Waals surface area contributed by atoms with Gasteiger partial charge in [-0.3, -0.25) is 14.9 Å². The van der Waals surface area contributed by atoms with Crippen LogP contribution in [0.3, 0.4) is 0 Å². The second kappa shape index (κ2) is 6.95. The SMILES string of the molecule is COc1cccc(-c2oc(NC(C)=O)c(OC(C)=O)c2O)c1OC. The summed E-state index contributed by atoms with van der Waals surface area (Å²) in [5, 5.41) is 12.8. The second-order valence-electron chi connectivity index (χ2n) is 4.75. The summed E-state index contributed by atoms with van der Waals surface area (Å²) in [5.74, 6) is -1.35. The molecule has 8 heteroatoms. The minimum absolute atomic E-state index is 0.0363. The Bertz CT molecular complexity index is 779. The monoisotopic (exact) mass is 335 g/mol. The molecule has 2 aromatic rings. The first-order valence-electron chi connectivity index (χ1n) is 6.92. The summed E-state index contributed by atoms with van der Waals surface area (Å²) in [5.41, 5.74) is 0.361. The molecule has 1 heterocycles. The molecule has 0 radical (unpaired) electrons. The Morgan fingerprint density at radius 3 is 2.38 bits per heavy atom. The smallest absolute Gasteiger partial charge is 0.308 e. The van der Waals surface area contributed by atoms with Gasteiger partial charge in [0.25, 0.3) is 0 Å². The number of aromatic hydroxyl groups is 1. The third-order valence-corrected chi connectivity index (χ3v) is 3.02. The number of hydrogen-bond donors (Lipinski definition) is 2. The van der Waals surface area contributed by atoms with Gasteiger partial charge in [0, 0.05) is 13.8 Å². The van der Waals surface area contributed by atoms with E-state index in [0.717, 1.165) is 6.92 Å². The van der Waals surface area contributed by atoms with Crippen LogP contribution in [0, 0.1) is 0 Å². The van der Waals surface area contributed by atoms with Gasteiger partial charge in [-0.05, 0) is 12.1 Å². The predicted octanol–water partition coefficient (Wildman–Crippen LogP) is 2.55. The van der Waals surface area contributed by atoms with Crippen LogP contribution >= 0.6 is 0 Å². The van der Waals surface area contributed by atoms with Crippen LogP contribution in [0.25, 0.3) is 11.3 Å². The van der Waals surface area contributed by atoms with Gasteiger partial charge in [0.2, 0.25) is 23.3 Å². The summed E-state index contributed by atoms with van der Waals surface area (Å²) >= 11 is 0. The van der Waals surface area contributed by atoms with Gasteiger partial charge in [-0.25, -0.2) is 0 Å². The van der Waals surface area contributed by atoms with Gasteiger partial charge in [-0.15, -0.1) is 0 Å². The number of rotatable bonds is 5. The number of ether oxygens (including phenoxy) is 3. The fourth-order valence-electron chi connectivity index (χ4n) is 2.14. The maximum Gasteiger partial charge on any atom is 0.308 e. The number of esters is 1. The number of amides is 1. The molecule has 128 valence electrons. The topological polar surface area (TPSA) is 107 Å². The molecule has 2 rings (SSSR count). The molecule has 0 bridgehead atoms. The molecular weight excluding hydrogens is 318 g/mol. The third kappa shape index (κ3) is 3.27. The van der Waals surface area contributed by atoms with E-state index in [-0.39, 0.29) is 17.4 Å². The zero-order chi connectivity index (χ0) is 17.9. The molecule has 8 nitrogen and oxygen atoms in total. The number of nitrogens with one attached hydrogen (secondary N) is 1. The molecule has 0 saturated carbocycles. The van der Waals surface area contributed by atoms with Crippen LogP contribution in [0.4, 0.5) is 5.88 Å². The first-order valence-corrected chi connectivity index (χ1v) is 6.92. The number of benzene rings is 1. The van der Waals surface area contributed by atoms with Crippen LogP contribution in [0.2, 0.25) is 0 Å². The van der Waals surface area contributed by atoms with Crippen molar-refractivity contribution in [1.82, 2.24) is 0 Å². The largest absolute Gasteiger partial charge is 0.502 e. The molecule has 0 aliphatic rings. The first kappa shape index (κ1) is 17.2. The Kier molecular flexibility index (Phi) is 4.98. The van der Waals surface area contributed by atoms with Gasteiger partial charge < -0.3 is 23.7 Å². The quantitative estimate of drug-likeness (QED) is 0.808. The van der Waals surface area contributed by atoms with Crippen LogP contribution in [0.5, 0.6) is 23.0 Å². The number of furan rings is 1. The molecule has 0 aliphatic carbocycles. The van der Waals surface area contributed by atoms with E-state index < -0.39 is 17.6 Å². The van der Waals surface area contributed by atoms with Crippen molar-refractivity contribution < 1.29 is 33.3 Å². The maximum atomic E-state index is 11.3.